The van der Waals surface area contributed by atoms with Crippen LogP contribution in [0.25, 0.3) is 11.3 Å². The Balaban J connectivity index is 1.87. The standard InChI is InChI=1S/C21H22F2N2O3/c1-20(2,3)18-6-12-4-5-13(24-10-21(22,23)11-24)7-14(12)16-8-17(26)15(19(27)28)9-25(16)18/h4-5,7-9,18H,6,10-11H2,1-3H3,(H,27,28)/t18-/m0/s1. The van der Waals surface area contributed by atoms with Gasteiger partial charge in [-0.25, -0.2) is 13.6 Å². The molecule has 0 aliphatic carbocycles. The first kappa shape index (κ1) is 18.7. The summed E-state index contributed by atoms with van der Waals surface area (Å²) < 4.78 is 28.4. The molecule has 2 aliphatic rings. The number of aromatic nitrogens is 1. The molecular weight excluding hydrogens is 366 g/mol. The molecule has 0 bridgehead atoms. The molecule has 3 heterocycles. The number of hydrogen-bond acceptors (Lipinski definition) is 3. The van der Waals surface area contributed by atoms with Crippen LogP contribution in [0.15, 0.2) is 35.3 Å². The van der Waals surface area contributed by atoms with Gasteiger partial charge in [-0.15, -0.1) is 0 Å². The van der Waals surface area contributed by atoms with E-state index < -0.39 is 17.3 Å². The Labute approximate surface area is 161 Å². The van der Waals surface area contributed by atoms with E-state index in [9.17, 15) is 23.5 Å². The maximum Gasteiger partial charge on any atom is 0.341 e. The molecule has 2 aliphatic heterocycles. The monoisotopic (exact) mass is 388 g/mol. The average Bonchev–Trinajstić information content (AvgIpc) is 2.56. The Kier molecular flexibility index (Phi) is 3.93. The molecule has 4 rings (SSSR count). The highest BCUT2D eigenvalue weighted by molar-refractivity contribution is 5.88. The minimum atomic E-state index is -2.67. The van der Waals surface area contributed by atoms with Crippen molar-refractivity contribution in [2.24, 2.45) is 5.41 Å². The number of alkyl halides is 2. The van der Waals surface area contributed by atoms with Crippen molar-refractivity contribution < 1.29 is 18.7 Å². The second-order valence-corrected chi connectivity index (χ2v) is 8.79. The molecule has 1 saturated heterocycles. The van der Waals surface area contributed by atoms with Crippen LogP contribution in [0.2, 0.25) is 0 Å². The molecule has 2 aromatic rings. The van der Waals surface area contributed by atoms with Gasteiger partial charge in [0.25, 0.3) is 5.92 Å². The number of halogens is 2. The molecule has 0 amide bonds. The summed E-state index contributed by atoms with van der Waals surface area (Å²) in [6.07, 6.45) is 2.09. The van der Waals surface area contributed by atoms with Crippen LogP contribution < -0.4 is 10.3 Å². The van der Waals surface area contributed by atoms with Gasteiger partial charge in [0, 0.05) is 29.6 Å². The molecule has 0 unspecified atom stereocenters. The van der Waals surface area contributed by atoms with E-state index in [0.717, 1.165) is 11.1 Å². The van der Waals surface area contributed by atoms with Crippen LogP contribution in [0.1, 0.15) is 42.7 Å². The van der Waals surface area contributed by atoms with Crippen LogP contribution in [-0.2, 0) is 6.42 Å². The minimum Gasteiger partial charge on any atom is -0.477 e. The lowest BCUT2D eigenvalue weighted by molar-refractivity contribution is -0.0262. The number of carboxylic acid groups (broad SMARTS) is 1. The van der Waals surface area contributed by atoms with Gasteiger partial charge in [-0.05, 0) is 29.5 Å². The van der Waals surface area contributed by atoms with E-state index in [1.54, 1.807) is 4.90 Å². The molecule has 148 valence electrons. The molecule has 7 heteroatoms. The van der Waals surface area contributed by atoms with Crippen LogP contribution in [0.4, 0.5) is 14.5 Å². The Bertz CT molecular complexity index is 1030. The van der Waals surface area contributed by atoms with Gasteiger partial charge in [0.1, 0.15) is 5.56 Å². The van der Waals surface area contributed by atoms with E-state index in [4.69, 9.17) is 0 Å². The molecule has 0 spiro atoms. The normalized spacial score (nSPS) is 20.2. The van der Waals surface area contributed by atoms with Gasteiger partial charge in [-0.1, -0.05) is 26.8 Å². The van der Waals surface area contributed by atoms with Crippen LogP contribution in [0.5, 0.6) is 0 Å². The van der Waals surface area contributed by atoms with Gasteiger partial charge < -0.3 is 14.6 Å². The van der Waals surface area contributed by atoms with Gasteiger partial charge in [0.2, 0.25) is 0 Å². The molecule has 1 N–H and O–H groups in total. The summed E-state index contributed by atoms with van der Waals surface area (Å²) in [4.78, 5) is 25.4. The SMILES string of the molecule is CC(C)(C)[C@@H]1Cc2ccc(N3CC(F)(F)C3)cc2-c2cc(=O)c(C(=O)O)cn21. The smallest absolute Gasteiger partial charge is 0.341 e. The number of aromatic carboxylic acids is 1. The van der Waals surface area contributed by atoms with Crippen molar-refractivity contribution in [1.29, 1.82) is 0 Å². The van der Waals surface area contributed by atoms with E-state index in [1.807, 2.05) is 22.8 Å². The highest BCUT2D eigenvalue weighted by atomic mass is 19.3. The quantitative estimate of drug-likeness (QED) is 0.850. The van der Waals surface area contributed by atoms with Crippen molar-refractivity contribution in [2.45, 2.75) is 39.2 Å². The zero-order valence-corrected chi connectivity index (χ0v) is 16.0. The number of fused-ring (bicyclic) bond motifs is 3. The molecule has 1 aromatic heterocycles. The van der Waals surface area contributed by atoms with Gasteiger partial charge in [-0.3, -0.25) is 4.79 Å². The molecule has 1 aromatic carbocycles. The molecule has 1 fully saturated rings. The third kappa shape index (κ3) is 2.99. The van der Waals surface area contributed by atoms with Crippen molar-refractivity contribution in [3.05, 3.63) is 51.8 Å². The fraction of sp³-hybridized carbons (Fsp3) is 0.429. The number of rotatable bonds is 2. The highest BCUT2D eigenvalue weighted by Crippen LogP contribution is 2.44. The topological polar surface area (TPSA) is 62.5 Å². The fourth-order valence-electron chi connectivity index (χ4n) is 4.09. The Morgan fingerprint density at radius 3 is 2.46 bits per heavy atom. The molecule has 0 radical (unpaired) electrons. The lowest BCUT2D eigenvalue weighted by Crippen LogP contribution is -2.56. The Morgan fingerprint density at radius 1 is 1.21 bits per heavy atom. The van der Waals surface area contributed by atoms with E-state index in [0.29, 0.717) is 17.8 Å². The van der Waals surface area contributed by atoms with E-state index >= 15 is 0 Å². The highest BCUT2D eigenvalue weighted by Gasteiger charge is 2.44. The molecule has 28 heavy (non-hydrogen) atoms. The number of pyridine rings is 1. The predicted molar refractivity (Wildman–Crippen MR) is 102 cm³/mol. The summed E-state index contributed by atoms with van der Waals surface area (Å²) in [5.74, 6) is -3.92. The first-order valence-electron chi connectivity index (χ1n) is 9.22. The van der Waals surface area contributed by atoms with E-state index in [2.05, 4.69) is 20.8 Å². The maximum atomic E-state index is 13.3. The minimum absolute atomic E-state index is 0.0344. The van der Waals surface area contributed by atoms with Crippen LogP contribution in [0, 0.1) is 5.41 Å². The number of hydrogen-bond donors (Lipinski definition) is 1. The van der Waals surface area contributed by atoms with Crippen molar-refractivity contribution in [3.63, 3.8) is 0 Å². The molecule has 5 nitrogen and oxygen atoms in total. The second-order valence-electron chi connectivity index (χ2n) is 8.79. The summed E-state index contributed by atoms with van der Waals surface area (Å²) in [7, 11) is 0. The fourth-order valence-corrected chi connectivity index (χ4v) is 4.09. The van der Waals surface area contributed by atoms with E-state index in [-0.39, 0.29) is 30.1 Å². The summed E-state index contributed by atoms with van der Waals surface area (Å²) >= 11 is 0. The van der Waals surface area contributed by atoms with Crippen molar-refractivity contribution in [3.8, 4) is 11.3 Å². The zero-order valence-electron chi connectivity index (χ0n) is 16.0. The van der Waals surface area contributed by atoms with Crippen molar-refractivity contribution in [2.75, 3.05) is 18.0 Å². The van der Waals surface area contributed by atoms with Gasteiger partial charge >= 0.3 is 5.97 Å². The van der Waals surface area contributed by atoms with Crippen molar-refractivity contribution in [1.82, 2.24) is 4.57 Å². The number of nitrogens with zero attached hydrogens (tertiary/aromatic N) is 2. The Morgan fingerprint density at radius 2 is 1.89 bits per heavy atom. The second kappa shape index (κ2) is 5.90. The summed E-state index contributed by atoms with van der Waals surface area (Å²) in [5, 5.41) is 9.37. The lowest BCUT2D eigenvalue weighted by atomic mass is 9.78. The molecular formula is C21H22F2N2O3. The first-order valence-corrected chi connectivity index (χ1v) is 9.22. The lowest BCUT2D eigenvalue weighted by Gasteiger charge is -2.42. The maximum absolute atomic E-state index is 13.3. The number of carbonyl (C=O) groups is 1. The zero-order chi connectivity index (χ0) is 20.4. The predicted octanol–water partition coefficient (Wildman–Crippen LogP) is 3.81. The summed E-state index contributed by atoms with van der Waals surface area (Å²) in [5.41, 5.74) is 2.14. The Hall–Kier alpha value is -2.70. The van der Waals surface area contributed by atoms with Gasteiger partial charge in [0.05, 0.1) is 18.8 Å². The van der Waals surface area contributed by atoms with Gasteiger partial charge in [-0.2, -0.15) is 0 Å². The first-order chi connectivity index (χ1) is 13.0. The summed E-state index contributed by atoms with van der Waals surface area (Å²) in [6, 6.07) is 6.92. The number of anilines is 1. The largest absolute Gasteiger partial charge is 0.477 e. The summed E-state index contributed by atoms with van der Waals surface area (Å²) in [6.45, 7) is 5.58. The van der Waals surface area contributed by atoms with E-state index in [1.165, 1.54) is 12.3 Å². The number of carboxylic acids is 1. The number of benzene rings is 1. The van der Waals surface area contributed by atoms with Crippen LogP contribution >= 0.6 is 0 Å². The van der Waals surface area contributed by atoms with Crippen LogP contribution in [-0.4, -0.2) is 34.7 Å². The third-order valence-corrected chi connectivity index (χ3v) is 5.64. The molecule has 0 saturated carbocycles. The van der Waals surface area contributed by atoms with Gasteiger partial charge in [0.15, 0.2) is 5.43 Å². The average molecular weight is 388 g/mol. The third-order valence-electron chi connectivity index (χ3n) is 5.64. The molecule has 1 atom stereocenters. The van der Waals surface area contributed by atoms with Crippen molar-refractivity contribution >= 4 is 11.7 Å². The van der Waals surface area contributed by atoms with Crippen LogP contribution in [0.3, 0.4) is 0 Å².